The summed E-state index contributed by atoms with van der Waals surface area (Å²) < 4.78 is 1.78. The zero-order chi connectivity index (χ0) is 22.5. The van der Waals surface area contributed by atoms with E-state index in [1.807, 2.05) is 0 Å². The molecule has 1 heterocycles. The van der Waals surface area contributed by atoms with Crippen LogP contribution in [-0.4, -0.2) is 30.8 Å². The van der Waals surface area contributed by atoms with Gasteiger partial charge in [-0.15, -0.1) is 10.2 Å². The van der Waals surface area contributed by atoms with Crippen LogP contribution in [0.5, 0.6) is 0 Å². The number of aromatic nitrogens is 3. The summed E-state index contributed by atoms with van der Waals surface area (Å²) >= 11 is 13.4. The fourth-order valence-electron chi connectivity index (χ4n) is 2.53. The topological polar surface area (TPSA) is 115 Å². The molecular formula is C19H18Cl2N6O3S. The minimum absolute atomic E-state index is 0.0419. The third kappa shape index (κ3) is 5.87. The van der Waals surface area contributed by atoms with Crippen molar-refractivity contribution in [1.29, 1.82) is 0 Å². The molecule has 3 rings (SSSR count). The van der Waals surface area contributed by atoms with E-state index in [9.17, 15) is 14.9 Å². The highest BCUT2D eigenvalue weighted by Crippen LogP contribution is 2.27. The number of carbonyl (C=O) groups is 1. The van der Waals surface area contributed by atoms with Gasteiger partial charge in [0, 0.05) is 29.9 Å². The maximum Gasteiger partial charge on any atom is 0.269 e. The fourth-order valence-corrected chi connectivity index (χ4v) is 3.72. The Labute approximate surface area is 192 Å². The Kier molecular flexibility index (Phi) is 7.37. The highest BCUT2D eigenvalue weighted by Gasteiger charge is 2.19. The zero-order valence-electron chi connectivity index (χ0n) is 16.5. The van der Waals surface area contributed by atoms with Gasteiger partial charge in [-0.1, -0.05) is 35.0 Å². The van der Waals surface area contributed by atoms with Crippen molar-refractivity contribution in [1.82, 2.24) is 14.8 Å². The third-order valence-corrected chi connectivity index (χ3v) is 5.99. The molecule has 0 spiro atoms. The average molecular weight is 481 g/mol. The predicted molar refractivity (Wildman–Crippen MR) is 122 cm³/mol. The summed E-state index contributed by atoms with van der Waals surface area (Å²) in [6.07, 6.45) is 0. The molecular weight excluding hydrogens is 463 g/mol. The molecule has 3 aromatic rings. The van der Waals surface area contributed by atoms with Gasteiger partial charge in [0.1, 0.15) is 0 Å². The lowest BCUT2D eigenvalue weighted by molar-refractivity contribution is -0.384. The molecule has 0 saturated carbocycles. The van der Waals surface area contributed by atoms with Crippen molar-refractivity contribution in [3.05, 3.63) is 68.4 Å². The van der Waals surface area contributed by atoms with Crippen molar-refractivity contribution in [3.63, 3.8) is 0 Å². The molecule has 1 aromatic heterocycles. The molecule has 1 atom stereocenters. The summed E-state index contributed by atoms with van der Waals surface area (Å²) in [4.78, 5) is 22.7. The number of nitrogens with one attached hydrogen (secondary N) is 2. The smallest absolute Gasteiger partial charge is 0.269 e. The number of carbonyl (C=O) groups excluding carboxylic acids is 1. The van der Waals surface area contributed by atoms with Gasteiger partial charge in [0.15, 0.2) is 11.0 Å². The highest BCUT2D eigenvalue weighted by atomic mass is 35.5. The van der Waals surface area contributed by atoms with E-state index >= 15 is 0 Å². The Hall–Kier alpha value is -2.82. The normalized spacial score (nSPS) is 11.7. The number of benzene rings is 2. The standard InChI is InChI=1S/C19H18Cl2N6O3S/c1-11(18(28)23-13-4-6-14(7-5-13)27(29)30)31-19-25-24-17(26(19)2)10-22-16-9-12(20)3-8-15(16)21/h3-9,11,22H,10H2,1-2H3,(H,23,28)/t11-/m0/s1. The Balaban J connectivity index is 1.59. The Morgan fingerprint density at radius 3 is 2.61 bits per heavy atom. The number of non-ortho nitro benzene ring substituents is 1. The fraction of sp³-hybridized carbons (Fsp3) is 0.211. The van der Waals surface area contributed by atoms with Crippen molar-refractivity contribution < 1.29 is 9.72 Å². The molecule has 162 valence electrons. The molecule has 2 aromatic carbocycles. The van der Waals surface area contributed by atoms with E-state index in [-0.39, 0.29) is 11.6 Å². The maximum absolute atomic E-state index is 12.5. The van der Waals surface area contributed by atoms with Gasteiger partial charge < -0.3 is 15.2 Å². The van der Waals surface area contributed by atoms with Crippen LogP contribution < -0.4 is 10.6 Å². The first kappa shape index (κ1) is 22.9. The third-order valence-electron chi connectivity index (χ3n) is 4.29. The quantitative estimate of drug-likeness (QED) is 0.271. The molecule has 31 heavy (non-hydrogen) atoms. The molecule has 1 amide bonds. The van der Waals surface area contributed by atoms with E-state index in [1.54, 1.807) is 36.7 Å². The van der Waals surface area contributed by atoms with Crippen molar-refractivity contribution in [2.45, 2.75) is 23.9 Å². The second-order valence-electron chi connectivity index (χ2n) is 6.49. The summed E-state index contributed by atoms with van der Waals surface area (Å²) in [6, 6.07) is 10.8. The van der Waals surface area contributed by atoms with E-state index < -0.39 is 10.2 Å². The first-order valence-electron chi connectivity index (χ1n) is 9.03. The van der Waals surface area contributed by atoms with Crippen LogP contribution in [0.4, 0.5) is 17.1 Å². The second-order valence-corrected chi connectivity index (χ2v) is 8.64. The van der Waals surface area contributed by atoms with Gasteiger partial charge in [0.25, 0.3) is 5.69 Å². The van der Waals surface area contributed by atoms with Crippen molar-refractivity contribution in [3.8, 4) is 0 Å². The molecule has 12 heteroatoms. The van der Waals surface area contributed by atoms with Crippen LogP contribution in [0.25, 0.3) is 0 Å². The molecule has 0 fully saturated rings. The highest BCUT2D eigenvalue weighted by molar-refractivity contribution is 8.00. The average Bonchev–Trinajstić information content (AvgIpc) is 3.08. The molecule has 0 saturated heterocycles. The van der Waals surface area contributed by atoms with Gasteiger partial charge >= 0.3 is 0 Å². The summed E-state index contributed by atoms with van der Waals surface area (Å²) in [5.41, 5.74) is 1.12. The predicted octanol–water partition coefficient (Wildman–Crippen LogP) is 4.76. The van der Waals surface area contributed by atoms with Crippen LogP contribution in [0.1, 0.15) is 12.7 Å². The van der Waals surface area contributed by atoms with Gasteiger partial charge in [0.05, 0.1) is 27.4 Å². The molecule has 0 radical (unpaired) electrons. The summed E-state index contributed by atoms with van der Waals surface area (Å²) in [5, 5.41) is 26.1. The lowest BCUT2D eigenvalue weighted by Gasteiger charge is -2.12. The van der Waals surface area contributed by atoms with Crippen LogP contribution in [-0.2, 0) is 18.4 Å². The number of hydrogen-bond acceptors (Lipinski definition) is 7. The van der Waals surface area contributed by atoms with E-state index in [2.05, 4.69) is 20.8 Å². The summed E-state index contributed by atoms with van der Waals surface area (Å²) in [7, 11) is 1.81. The largest absolute Gasteiger partial charge is 0.376 e. The van der Waals surface area contributed by atoms with E-state index in [1.165, 1.54) is 36.0 Å². The first-order valence-corrected chi connectivity index (χ1v) is 10.7. The molecule has 0 aliphatic rings. The monoisotopic (exact) mass is 480 g/mol. The number of nitrogens with zero attached hydrogens (tertiary/aromatic N) is 4. The van der Waals surface area contributed by atoms with Gasteiger partial charge in [-0.25, -0.2) is 0 Å². The van der Waals surface area contributed by atoms with Crippen LogP contribution in [0.15, 0.2) is 47.6 Å². The number of anilines is 2. The van der Waals surface area contributed by atoms with Gasteiger partial charge in [-0.3, -0.25) is 14.9 Å². The minimum atomic E-state index is -0.495. The van der Waals surface area contributed by atoms with Crippen LogP contribution in [0.3, 0.4) is 0 Å². The van der Waals surface area contributed by atoms with Gasteiger partial charge in [-0.2, -0.15) is 0 Å². The summed E-state index contributed by atoms with van der Waals surface area (Å²) in [6.45, 7) is 2.11. The van der Waals surface area contributed by atoms with E-state index in [0.29, 0.717) is 38.9 Å². The van der Waals surface area contributed by atoms with Gasteiger partial charge in [-0.05, 0) is 37.3 Å². The molecule has 0 aliphatic heterocycles. The minimum Gasteiger partial charge on any atom is -0.376 e. The maximum atomic E-state index is 12.5. The number of amides is 1. The summed E-state index contributed by atoms with van der Waals surface area (Å²) in [5.74, 6) is 0.397. The van der Waals surface area contributed by atoms with Crippen LogP contribution >= 0.6 is 35.0 Å². The van der Waals surface area contributed by atoms with Gasteiger partial charge in [0.2, 0.25) is 5.91 Å². The van der Waals surface area contributed by atoms with Crippen LogP contribution in [0.2, 0.25) is 10.0 Å². The van der Waals surface area contributed by atoms with E-state index in [4.69, 9.17) is 23.2 Å². The molecule has 0 aliphatic carbocycles. The van der Waals surface area contributed by atoms with Crippen LogP contribution in [0, 0.1) is 10.1 Å². The number of nitro groups is 1. The molecule has 9 nitrogen and oxygen atoms in total. The van der Waals surface area contributed by atoms with Crippen molar-refractivity contribution >= 4 is 57.9 Å². The number of halogens is 2. The number of hydrogen-bond donors (Lipinski definition) is 2. The molecule has 2 N–H and O–H groups in total. The number of rotatable bonds is 8. The Morgan fingerprint density at radius 2 is 1.94 bits per heavy atom. The Morgan fingerprint density at radius 1 is 1.23 bits per heavy atom. The lowest BCUT2D eigenvalue weighted by atomic mass is 10.3. The number of thioether (sulfide) groups is 1. The number of nitro benzene ring substituents is 1. The SMILES string of the molecule is C[C@H](Sc1nnc(CNc2cc(Cl)ccc2Cl)n1C)C(=O)Nc1ccc([N+](=O)[O-])cc1. The first-order chi connectivity index (χ1) is 14.7. The lowest BCUT2D eigenvalue weighted by Crippen LogP contribution is -2.22. The molecule has 0 unspecified atom stereocenters. The van der Waals surface area contributed by atoms with Crippen molar-refractivity contribution in [2.24, 2.45) is 7.05 Å². The van der Waals surface area contributed by atoms with E-state index in [0.717, 1.165) is 0 Å². The Bertz CT molecular complexity index is 1110. The zero-order valence-corrected chi connectivity index (χ0v) is 18.8. The molecule has 0 bridgehead atoms. The van der Waals surface area contributed by atoms with Crippen molar-refractivity contribution in [2.75, 3.05) is 10.6 Å². The second kappa shape index (κ2) is 9.99.